The third-order valence-corrected chi connectivity index (χ3v) is 5.64. The number of rotatable bonds is 8. The van der Waals surface area contributed by atoms with E-state index in [2.05, 4.69) is 10.6 Å². The first-order valence-electron chi connectivity index (χ1n) is 11.4. The summed E-state index contributed by atoms with van der Waals surface area (Å²) in [6.45, 7) is 3.86. The predicted octanol–water partition coefficient (Wildman–Crippen LogP) is 5.44. The van der Waals surface area contributed by atoms with Crippen molar-refractivity contribution in [2.75, 3.05) is 5.32 Å². The molecule has 1 aromatic heterocycles. The van der Waals surface area contributed by atoms with E-state index >= 15 is 0 Å². The van der Waals surface area contributed by atoms with Crippen LogP contribution in [0.2, 0.25) is 0 Å². The SMILES string of the molecule is Cc1nn(-c2ccccc2)c(NC(=O)CCC(=O)NC(C)c2ccccc2)c1-c1ccccc1. The average Bonchev–Trinajstić information content (AvgIpc) is 3.19. The molecule has 0 spiro atoms. The van der Waals surface area contributed by atoms with Crippen LogP contribution in [0.25, 0.3) is 16.8 Å². The van der Waals surface area contributed by atoms with Crippen LogP contribution >= 0.6 is 0 Å². The standard InChI is InChI=1S/C28H28N4O2/c1-20(22-12-6-3-7-13-22)29-25(33)18-19-26(34)30-28-27(23-14-8-4-9-15-23)21(2)31-32(28)24-16-10-5-11-17-24/h3-17,20H,18-19H2,1-2H3,(H,29,33)(H,30,34). The lowest BCUT2D eigenvalue weighted by Crippen LogP contribution is -2.27. The second kappa shape index (κ2) is 10.6. The smallest absolute Gasteiger partial charge is 0.226 e. The van der Waals surface area contributed by atoms with Crippen LogP contribution in [-0.2, 0) is 9.59 Å². The number of hydrogen-bond donors (Lipinski definition) is 2. The summed E-state index contributed by atoms with van der Waals surface area (Å²) < 4.78 is 1.74. The van der Waals surface area contributed by atoms with Gasteiger partial charge >= 0.3 is 0 Å². The molecule has 0 radical (unpaired) electrons. The number of nitrogens with one attached hydrogen (secondary N) is 2. The van der Waals surface area contributed by atoms with Crippen molar-refractivity contribution in [2.45, 2.75) is 32.7 Å². The van der Waals surface area contributed by atoms with Crippen molar-refractivity contribution in [2.24, 2.45) is 0 Å². The summed E-state index contributed by atoms with van der Waals surface area (Å²) in [4.78, 5) is 25.4. The Hall–Kier alpha value is -4.19. The Kier molecular flexibility index (Phi) is 7.18. The quantitative estimate of drug-likeness (QED) is 0.374. The summed E-state index contributed by atoms with van der Waals surface area (Å²) in [5.74, 6) is 0.192. The molecule has 2 N–H and O–H groups in total. The van der Waals surface area contributed by atoms with Crippen molar-refractivity contribution in [3.8, 4) is 16.8 Å². The van der Waals surface area contributed by atoms with Crippen LogP contribution in [0, 0.1) is 6.92 Å². The van der Waals surface area contributed by atoms with Crippen LogP contribution in [-0.4, -0.2) is 21.6 Å². The predicted molar refractivity (Wildman–Crippen MR) is 135 cm³/mol. The molecule has 0 saturated heterocycles. The highest BCUT2D eigenvalue weighted by Crippen LogP contribution is 2.33. The van der Waals surface area contributed by atoms with E-state index in [0.717, 1.165) is 28.1 Å². The number of hydrogen-bond acceptors (Lipinski definition) is 3. The number of carbonyl (C=O) groups excluding carboxylic acids is 2. The van der Waals surface area contributed by atoms with Crippen LogP contribution < -0.4 is 10.6 Å². The van der Waals surface area contributed by atoms with Crippen molar-refractivity contribution in [3.05, 3.63) is 102 Å². The molecule has 0 aliphatic carbocycles. The Morgan fingerprint density at radius 2 is 1.38 bits per heavy atom. The fraction of sp³-hybridized carbons (Fsp3) is 0.179. The summed E-state index contributed by atoms with van der Waals surface area (Å²) in [6, 6.07) is 29.2. The zero-order valence-electron chi connectivity index (χ0n) is 19.4. The molecule has 6 heteroatoms. The van der Waals surface area contributed by atoms with E-state index in [-0.39, 0.29) is 30.7 Å². The Bertz CT molecular complexity index is 1250. The molecular weight excluding hydrogens is 424 g/mol. The number of carbonyl (C=O) groups is 2. The largest absolute Gasteiger partial charge is 0.350 e. The summed E-state index contributed by atoms with van der Waals surface area (Å²) in [5.41, 5.74) is 4.50. The number of nitrogens with zero attached hydrogens (tertiary/aromatic N) is 2. The van der Waals surface area contributed by atoms with Gasteiger partial charge in [0.15, 0.2) is 0 Å². The van der Waals surface area contributed by atoms with Gasteiger partial charge in [-0.2, -0.15) is 5.10 Å². The highest BCUT2D eigenvalue weighted by Gasteiger charge is 2.20. The second-order valence-electron chi connectivity index (χ2n) is 8.17. The zero-order valence-corrected chi connectivity index (χ0v) is 19.4. The molecule has 3 aromatic carbocycles. The van der Waals surface area contributed by atoms with Gasteiger partial charge in [-0.1, -0.05) is 78.9 Å². The molecule has 2 amide bonds. The monoisotopic (exact) mass is 452 g/mol. The van der Waals surface area contributed by atoms with E-state index < -0.39 is 0 Å². The minimum absolute atomic E-state index is 0.0700. The fourth-order valence-electron chi connectivity index (χ4n) is 3.91. The minimum Gasteiger partial charge on any atom is -0.350 e. The van der Waals surface area contributed by atoms with Gasteiger partial charge in [0.25, 0.3) is 0 Å². The lowest BCUT2D eigenvalue weighted by molar-refractivity contribution is -0.124. The number of amides is 2. The van der Waals surface area contributed by atoms with Gasteiger partial charge in [-0.3, -0.25) is 9.59 Å². The lowest BCUT2D eigenvalue weighted by atomic mass is 10.1. The second-order valence-corrected chi connectivity index (χ2v) is 8.17. The van der Waals surface area contributed by atoms with Gasteiger partial charge in [0.1, 0.15) is 5.82 Å². The third kappa shape index (κ3) is 5.41. The summed E-state index contributed by atoms with van der Waals surface area (Å²) in [6.07, 6.45) is 0.169. The Labute approximate surface area is 199 Å². The first-order chi connectivity index (χ1) is 16.5. The van der Waals surface area contributed by atoms with Gasteiger partial charge in [0, 0.05) is 18.4 Å². The molecule has 4 aromatic rings. The first kappa shape index (κ1) is 23.0. The number of benzene rings is 3. The molecule has 172 valence electrons. The van der Waals surface area contributed by atoms with Gasteiger partial charge in [0.05, 0.1) is 17.4 Å². The molecule has 6 nitrogen and oxygen atoms in total. The average molecular weight is 453 g/mol. The maximum absolute atomic E-state index is 12.9. The van der Waals surface area contributed by atoms with E-state index in [1.165, 1.54) is 0 Å². The van der Waals surface area contributed by atoms with Crippen LogP contribution in [0.3, 0.4) is 0 Å². The first-order valence-corrected chi connectivity index (χ1v) is 11.4. The molecule has 0 bridgehead atoms. The zero-order chi connectivity index (χ0) is 23.9. The summed E-state index contributed by atoms with van der Waals surface area (Å²) in [7, 11) is 0. The van der Waals surface area contributed by atoms with Crippen LogP contribution in [0.5, 0.6) is 0 Å². The minimum atomic E-state index is -0.239. The van der Waals surface area contributed by atoms with Crippen LogP contribution in [0.15, 0.2) is 91.0 Å². The molecule has 1 unspecified atom stereocenters. The third-order valence-electron chi connectivity index (χ3n) is 5.64. The number of para-hydroxylation sites is 1. The van der Waals surface area contributed by atoms with Crippen molar-refractivity contribution in [1.82, 2.24) is 15.1 Å². The van der Waals surface area contributed by atoms with E-state index in [4.69, 9.17) is 5.10 Å². The molecule has 34 heavy (non-hydrogen) atoms. The maximum Gasteiger partial charge on any atom is 0.226 e. The Morgan fingerprint density at radius 1 is 0.824 bits per heavy atom. The van der Waals surface area contributed by atoms with Crippen molar-refractivity contribution in [3.63, 3.8) is 0 Å². The highest BCUT2D eigenvalue weighted by atomic mass is 16.2. The van der Waals surface area contributed by atoms with Crippen molar-refractivity contribution in [1.29, 1.82) is 0 Å². The van der Waals surface area contributed by atoms with E-state index in [1.807, 2.05) is 105 Å². The topological polar surface area (TPSA) is 76.0 Å². The van der Waals surface area contributed by atoms with E-state index in [1.54, 1.807) is 4.68 Å². The molecule has 0 saturated carbocycles. The lowest BCUT2D eigenvalue weighted by Gasteiger charge is -2.15. The molecule has 0 aliphatic heterocycles. The highest BCUT2D eigenvalue weighted by molar-refractivity contribution is 5.97. The van der Waals surface area contributed by atoms with E-state index in [0.29, 0.717) is 5.82 Å². The van der Waals surface area contributed by atoms with E-state index in [9.17, 15) is 9.59 Å². The molecule has 1 atom stereocenters. The number of aryl methyl sites for hydroxylation is 1. The summed E-state index contributed by atoms with van der Waals surface area (Å²) >= 11 is 0. The molecule has 4 rings (SSSR count). The van der Waals surface area contributed by atoms with Gasteiger partial charge in [-0.15, -0.1) is 0 Å². The molecule has 1 heterocycles. The van der Waals surface area contributed by atoms with Gasteiger partial charge < -0.3 is 10.6 Å². The molecule has 0 fully saturated rings. The van der Waals surface area contributed by atoms with Crippen molar-refractivity contribution < 1.29 is 9.59 Å². The Morgan fingerprint density at radius 3 is 2.03 bits per heavy atom. The summed E-state index contributed by atoms with van der Waals surface area (Å²) in [5, 5.41) is 10.7. The van der Waals surface area contributed by atoms with Gasteiger partial charge in [-0.25, -0.2) is 4.68 Å². The van der Waals surface area contributed by atoms with Crippen molar-refractivity contribution >= 4 is 17.6 Å². The molecule has 0 aliphatic rings. The van der Waals surface area contributed by atoms with Gasteiger partial charge in [-0.05, 0) is 37.1 Å². The fourth-order valence-corrected chi connectivity index (χ4v) is 3.91. The van der Waals surface area contributed by atoms with Crippen LogP contribution in [0.1, 0.15) is 37.1 Å². The maximum atomic E-state index is 12.9. The van der Waals surface area contributed by atoms with Gasteiger partial charge in [0.2, 0.25) is 11.8 Å². The van der Waals surface area contributed by atoms with Crippen LogP contribution in [0.4, 0.5) is 5.82 Å². The number of anilines is 1. The molecular formula is C28H28N4O2. The normalized spacial score (nSPS) is 11.6. The number of aromatic nitrogens is 2. The Balaban J connectivity index is 1.50.